The van der Waals surface area contributed by atoms with Crippen molar-refractivity contribution in [3.8, 4) is 0 Å². The number of hydrogen-bond acceptors (Lipinski definition) is 14. The lowest BCUT2D eigenvalue weighted by Gasteiger charge is -2.46. The Morgan fingerprint density at radius 3 is 0.804 bits per heavy atom. The Hall–Kier alpha value is -8.03. The lowest BCUT2D eigenvalue weighted by molar-refractivity contribution is -0.338. The van der Waals surface area contributed by atoms with E-state index in [2.05, 4.69) is 0 Å². The Bertz CT molecular complexity index is 3250. The van der Waals surface area contributed by atoms with E-state index < -0.39 is 73.5 Å². The summed E-state index contributed by atoms with van der Waals surface area (Å²) in [5, 5.41) is 0. The minimum atomic E-state index is -1.14. The van der Waals surface area contributed by atoms with Crippen molar-refractivity contribution in [3.05, 3.63) is 323 Å². The van der Waals surface area contributed by atoms with E-state index in [1.54, 1.807) is 24.3 Å². The summed E-state index contributed by atoms with van der Waals surface area (Å²) in [6.45, 7) is 1.64. The predicted octanol–water partition coefficient (Wildman–Crippen LogP) is 13.6. The number of hydrogen-bond donors (Lipinski definition) is 0. The van der Waals surface area contributed by atoms with Crippen LogP contribution in [-0.4, -0.2) is 99.9 Å². The van der Waals surface area contributed by atoms with Gasteiger partial charge in [-0.05, 0) is 56.6 Å². The highest BCUT2D eigenvalue weighted by Crippen LogP contribution is 2.35. The van der Waals surface area contributed by atoms with Gasteiger partial charge in [-0.3, -0.25) is 0 Å². The molecule has 92 heavy (non-hydrogen) atoms. The second-order valence-electron chi connectivity index (χ2n) is 22.7. The average molecular weight is 1240 g/mol. The third kappa shape index (κ3) is 20.0. The van der Waals surface area contributed by atoms with Gasteiger partial charge in [-0.2, -0.15) is 0 Å². The largest absolute Gasteiger partial charge is 0.454 e. The van der Waals surface area contributed by atoms with E-state index in [1.165, 1.54) is 0 Å². The molecule has 476 valence electrons. The van der Waals surface area contributed by atoms with Crippen molar-refractivity contribution in [1.29, 1.82) is 0 Å². The molecular weight excluding hydrogens is 1160 g/mol. The van der Waals surface area contributed by atoms with Crippen LogP contribution in [0.1, 0.15) is 54.9 Å². The molecule has 0 bridgehead atoms. The first-order chi connectivity index (χ1) is 45.5. The highest BCUT2D eigenvalue weighted by atomic mass is 16.7. The summed E-state index contributed by atoms with van der Waals surface area (Å²) in [5.41, 5.74) is 7.99. The fraction of sp³-hybridized carbons (Fsp3) is 0.295. The average Bonchev–Trinajstić information content (AvgIpc) is 1.13. The minimum Gasteiger partial charge on any atom is -0.454 e. The Morgan fingerprint density at radius 2 is 0.522 bits per heavy atom. The lowest BCUT2D eigenvalue weighted by atomic mass is 9.97. The Balaban J connectivity index is 0.926. The molecule has 0 unspecified atom stereocenters. The first kappa shape index (κ1) is 65.5. The lowest BCUT2D eigenvalue weighted by Crippen LogP contribution is -2.62. The SMILES string of the molecule is O=C(OC(CO[C@H]1O[C@H](COCc2ccccc2)[C@@H](OCc2ccccc2)[C@H](OCc2ccccc2)[C@@H]1OCc1ccccc1)CO[C@H]1O[C@H](COCc2ccccc2)[C@@H](OCc2ccccc2)[C@H](OCc2ccccc2)[C@@H]1OCc1ccccc1)c1ccccc1. The van der Waals surface area contributed by atoms with Gasteiger partial charge in [0.15, 0.2) is 12.6 Å². The van der Waals surface area contributed by atoms with E-state index >= 15 is 0 Å². The number of rotatable bonds is 34. The smallest absolute Gasteiger partial charge is 0.338 e. The topological polar surface area (TPSA) is 137 Å². The van der Waals surface area contributed by atoms with Crippen LogP contribution in [0, 0.1) is 0 Å². The zero-order valence-corrected chi connectivity index (χ0v) is 51.5. The standard InChI is InChI=1S/C78H80O14/c79-76(66-44-26-9-27-45-66)90-67(54-88-77-74(86-52-64-40-22-7-23-41-64)72(84-50-62-36-18-5-19-37-62)70(82-48-60-32-14-3-15-33-60)68(91-77)56-80-46-58-28-10-1-11-29-58)55-89-78-75(87-53-65-42-24-8-25-43-65)73(85-51-63-38-20-6-21-39-63)71(83-49-61-34-16-4-17-35-61)69(92-78)57-81-47-59-30-12-2-13-31-59/h1-45,67-75,77-78H,46-57H2/t68-,69-,70-,71-,72+,73+,74+,75+,77+,78+/m1/s1. The van der Waals surface area contributed by atoms with Gasteiger partial charge in [-0.15, -0.1) is 0 Å². The molecule has 2 heterocycles. The third-order valence-corrected chi connectivity index (χ3v) is 15.9. The van der Waals surface area contributed by atoms with E-state index in [-0.39, 0.29) is 66.1 Å². The summed E-state index contributed by atoms with van der Waals surface area (Å²) >= 11 is 0. The molecule has 0 spiro atoms. The summed E-state index contributed by atoms with van der Waals surface area (Å²) < 4.78 is 89.8. The molecule has 2 fully saturated rings. The zero-order chi connectivity index (χ0) is 62.6. The Morgan fingerprint density at radius 1 is 0.283 bits per heavy atom. The molecule has 2 aliphatic rings. The van der Waals surface area contributed by atoms with Gasteiger partial charge in [0.1, 0.15) is 54.9 Å². The fourth-order valence-electron chi connectivity index (χ4n) is 11.1. The van der Waals surface area contributed by atoms with Gasteiger partial charge in [0.2, 0.25) is 0 Å². The van der Waals surface area contributed by atoms with Crippen LogP contribution in [0.4, 0.5) is 0 Å². The van der Waals surface area contributed by atoms with E-state index in [9.17, 15) is 4.79 Å². The third-order valence-electron chi connectivity index (χ3n) is 15.9. The molecule has 14 nitrogen and oxygen atoms in total. The molecule has 0 aliphatic carbocycles. The van der Waals surface area contributed by atoms with E-state index in [4.69, 9.17) is 61.6 Å². The minimum absolute atomic E-state index is 0.101. The van der Waals surface area contributed by atoms with Gasteiger partial charge in [-0.1, -0.05) is 261 Å². The normalized spacial score (nSPS) is 21.4. The fourth-order valence-corrected chi connectivity index (χ4v) is 11.1. The van der Waals surface area contributed by atoms with Gasteiger partial charge < -0.3 is 61.6 Å². The summed E-state index contributed by atoms with van der Waals surface area (Å²) in [4.78, 5) is 14.4. The Labute approximate surface area is 539 Å². The number of benzene rings is 9. The van der Waals surface area contributed by atoms with E-state index in [1.807, 2.05) is 249 Å². The van der Waals surface area contributed by atoms with Crippen LogP contribution >= 0.6 is 0 Å². The van der Waals surface area contributed by atoms with Crippen LogP contribution in [0.5, 0.6) is 0 Å². The Kier molecular flexibility index (Phi) is 25.4. The second kappa shape index (κ2) is 35.7. The van der Waals surface area contributed by atoms with Gasteiger partial charge >= 0.3 is 5.97 Å². The highest BCUT2D eigenvalue weighted by molar-refractivity contribution is 5.89. The quantitative estimate of drug-likeness (QED) is 0.0354. The molecule has 14 heteroatoms. The molecule has 0 N–H and O–H groups in total. The van der Waals surface area contributed by atoms with Crippen LogP contribution in [-0.2, 0) is 114 Å². The van der Waals surface area contributed by atoms with Gasteiger partial charge in [0, 0.05) is 0 Å². The maximum Gasteiger partial charge on any atom is 0.338 e. The van der Waals surface area contributed by atoms with Crippen LogP contribution in [0.2, 0.25) is 0 Å². The number of carbonyl (C=O) groups excluding carboxylic acids is 1. The van der Waals surface area contributed by atoms with E-state index in [0.29, 0.717) is 18.8 Å². The van der Waals surface area contributed by atoms with Crippen molar-refractivity contribution in [2.75, 3.05) is 26.4 Å². The summed E-state index contributed by atoms with van der Waals surface area (Å²) in [5.74, 6) is -0.595. The van der Waals surface area contributed by atoms with Gasteiger partial charge in [0.25, 0.3) is 0 Å². The first-order valence-corrected chi connectivity index (χ1v) is 31.5. The summed E-state index contributed by atoms with van der Waals surface area (Å²) in [6, 6.07) is 88.4. The van der Waals surface area contributed by atoms with Crippen LogP contribution in [0.15, 0.2) is 273 Å². The van der Waals surface area contributed by atoms with Crippen molar-refractivity contribution in [2.45, 2.75) is 120 Å². The predicted molar refractivity (Wildman–Crippen MR) is 347 cm³/mol. The van der Waals surface area contributed by atoms with Crippen LogP contribution < -0.4 is 0 Å². The van der Waals surface area contributed by atoms with E-state index in [0.717, 1.165) is 44.5 Å². The molecule has 9 aromatic rings. The first-order valence-electron chi connectivity index (χ1n) is 31.5. The monoisotopic (exact) mass is 1240 g/mol. The molecule has 0 radical (unpaired) electrons. The van der Waals surface area contributed by atoms with Crippen molar-refractivity contribution < 1.29 is 66.4 Å². The zero-order valence-electron chi connectivity index (χ0n) is 51.5. The molecule has 11 rings (SSSR count). The van der Waals surface area contributed by atoms with Crippen LogP contribution in [0.25, 0.3) is 0 Å². The highest BCUT2D eigenvalue weighted by Gasteiger charge is 2.51. The number of ether oxygens (including phenoxy) is 13. The van der Waals surface area contributed by atoms with Gasteiger partial charge in [0.05, 0.1) is 84.8 Å². The maximum absolute atomic E-state index is 14.4. The molecule has 0 saturated carbocycles. The molecule has 10 atom stereocenters. The van der Waals surface area contributed by atoms with Crippen molar-refractivity contribution in [1.82, 2.24) is 0 Å². The summed E-state index contributed by atoms with van der Waals surface area (Å²) in [6.07, 6.45) is -9.77. The molecular formula is C78H80O14. The number of carbonyl (C=O) groups is 1. The van der Waals surface area contributed by atoms with Gasteiger partial charge in [-0.25, -0.2) is 4.79 Å². The van der Waals surface area contributed by atoms with Crippen LogP contribution in [0.3, 0.4) is 0 Å². The number of esters is 1. The molecule has 0 aromatic heterocycles. The second-order valence-corrected chi connectivity index (χ2v) is 22.7. The molecule has 9 aromatic carbocycles. The van der Waals surface area contributed by atoms with Crippen molar-refractivity contribution in [2.24, 2.45) is 0 Å². The molecule has 0 amide bonds. The summed E-state index contributed by atoms with van der Waals surface area (Å²) in [7, 11) is 0. The van der Waals surface area contributed by atoms with Crippen molar-refractivity contribution in [3.63, 3.8) is 0 Å². The van der Waals surface area contributed by atoms with Crippen molar-refractivity contribution >= 4 is 5.97 Å². The maximum atomic E-state index is 14.4. The molecule has 2 saturated heterocycles. The molecule has 2 aliphatic heterocycles.